The molecule has 0 aliphatic carbocycles. The summed E-state index contributed by atoms with van der Waals surface area (Å²) in [6, 6.07) is 3.06. The highest BCUT2D eigenvalue weighted by atomic mass is 16.3. The van der Waals surface area contributed by atoms with Crippen LogP contribution in [0.4, 0.5) is 0 Å². The minimum absolute atomic E-state index is 0.0605. The van der Waals surface area contributed by atoms with Gasteiger partial charge in [0.2, 0.25) is 0 Å². The van der Waals surface area contributed by atoms with Crippen molar-refractivity contribution >= 4 is 5.65 Å². The molecule has 6 nitrogen and oxygen atoms in total. The molecule has 1 N–H and O–H groups in total. The Hall–Kier alpha value is -1.69. The van der Waals surface area contributed by atoms with Crippen molar-refractivity contribution in [3.05, 3.63) is 28.8 Å². The SMILES string of the molecule is O=c1ccc2nncn2n1CCCO. The molecule has 2 aromatic heterocycles. The summed E-state index contributed by atoms with van der Waals surface area (Å²) in [5.41, 5.74) is 0.508. The Bertz CT molecular complexity index is 487. The third-order valence-corrected chi connectivity index (χ3v) is 1.97. The summed E-state index contributed by atoms with van der Waals surface area (Å²) < 4.78 is 3.07. The number of fused-ring (bicyclic) bond motifs is 1. The molecule has 6 heteroatoms. The van der Waals surface area contributed by atoms with Gasteiger partial charge in [-0.15, -0.1) is 10.2 Å². The third-order valence-electron chi connectivity index (χ3n) is 1.97. The Balaban J connectivity index is 2.53. The average Bonchev–Trinajstić information content (AvgIpc) is 2.64. The van der Waals surface area contributed by atoms with Gasteiger partial charge in [0.25, 0.3) is 5.56 Å². The molecule has 14 heavy (non-hydrogen) atoms. The monoisotopic (exact) mass is 194 g/mol. The fraction of sp³-hybridized carbons (Fsp3) is 0.375. The Kier molecular flexibility index (Phi) is 2.28. The van der Waals surface area contributed by atoms with Crippen LogP contribution in [0.15, 0.2) is 23.3 Å². The molecule has 0 amide bonds. The van der Waals surface area contributed by atoms with Gasteiger partial charge >= 0.3 is 0 Å². The maximum absolute atomic E-state index is 11.4. The number of nitrogens with zero attached hydrogens (tertiary/aromatic N) is 4. The molecular weight excluding hydrogens is 184 g/mol. The predicted octanol–water partition coefficient (Wildman–Crippen LogP) is -0.727. The van der Waals surface area contributed by atoms with Crippen LogP contribution < -0.4 is 5.56 Å². The van der Waals surface area contributed by atoms with Crippen LogP contribution in [-0.4, -0.2) is 31.1 Å². The van der Waals surface area contributed by atoms with E-state index in [-0.39, 0.29) is 12.2 Å². The van der Waals surface area contributed by atoms with Gasteiger partial charge in [0.05, 0.1) is 0 Å². The lowest BCUT2D eigenvalue weighted by Gasteiger charge is -2.06. The van der Waals surface area contributed by atoms with Crippen LogP contribution in [0.25, 0.3) is 5.65 Å². The minimum atomic E-state index is -0.120. The first-order valence-electron chi connectivity index (χ1n) is 4.33. The molecule has 0 aliphatic rings. The van der Waals surface area contributed by atoms with E-state index < -0.39 is 0 Å². The molecule has 0 fully saturated rings. The van der Waals surface area contributed by atoms with Crippen molar-refractivity contribution in [2.45, 2.75) is 13.0 Å². The zero-order chi connectivity index (χ0) is 9.97. The average molecular weight is 194 g/mol. The summed E-state index contributed by atoms with van der Waals surface area (Å²) in [5, 5.41) is 16.2. The highest BCUT2D eigenvalue weighted by molar-refractivity contribution is 5.33. The van der Waals surface area contributed by atoms with Crippen LogP contribution in [0.5, 0.6) is 0 Å². The second-order valence-corrected chi connectivity index (χ2v) is 2.91. The molecule has 0 radical (unpaired) electrons. The number of hydrogen-bond donors (Lipinski definition) is 1. The summed E-state index contributed by atoms with van der Waals surface area (Å²) in [4.78, 5) is 11.4. The van der Waals surface area contributed by atoms with E-state index in [0.717, 1.165) is 0 Å². The van der Waals surface area contributed by atoms with Crippen molar-refractivity contribution in [1.82, 2.24) is 19.4 Å². The highest BCUT2D eigenvalue weighted by Gasteiger charge is 2.02. The lowest BCUT2D eigenvalue weighted by molar-refractivity contribution is 0.274. The molecule has 0 spiro atoms. The van der Waals surface area contributed by atoms with Gasteiger partial charge < -0.3 is 5.11 Å². The molecule has 0 aliphatic heterocycles. The van der Waals surface area contributed by atoms with Gasteiger partial charge in [-0.2, -0.15) is 0 Å². The van der Waals surface area contributed by atoms with Gasteiger partial charge in [-0.25, -0.2) is 9.20 Å². The Morgan fingerprint density at radius 1 is 1.43 bits per heavy atom. The van der Waals surface area contributed by atoms with Gasteiger partial charge in [-0.1, -0.05) is 0 Å². The Labute approximate surface area is 79.4 Å². The van der Waals surface area contributed by atoms with Crippen LogP contribution in [-0.2, 0) is 6.54 Å². The van der Waals surface area contributed by atoms with Crippen molar-refractivity contribution in [3.8, 4) is 0 Å². The summed E-state index contributed by atoms with van der Waals surface area (Å²) in [7, 11) is 0. The summed E-state index contributed by atoms with van der Waals surface area (Å²) >= 11 is 0. The summed E-state index contributed by atoms with van der Waals surface area (Å²) in [6.45, 7) is 0.523. The lowest BCUT2D eigenvalue weighted by Crippen LogP contribution is -2.25. The van der Waals surface area contributed by atoms with Crippen molar-refractivity contribution < 1.29 is 5.11 Å². The van der Waals surface area contributed by atoms with E-state index in [2.05, 4.69) is 10.2 Å². The topological polar surface area (TPSA) is 72.4 Å². The van der Waals surface area contributed by atoms with Gasteiger partial charge in [0.15, 0.2) is 5.65 Å². The van der Waals surface area contributed by atoms with Gasteiger partial charge in [-0.05, 0) is 12.5 Å². The van der Waals surface area contributed by atoms with Crippen LogP contribution >= 0.6 is 0 Å². The van der Waals surface area contributed by atoms with E-state index in [1.54, 1.807) is 10.6 Å². The van der Waals surface area contributed by atoms with E-state index in [9.17, 15) is 4.79 Å². The maximum atomic E-state index is 11.4. The number of aliphatic hydroxyl groups excluding tert-OH is 1. The standard InChI is InChI=1S/C8H10N4O2/c13-5-1-4-11-8(14)3-2-7-10-9-6-12(7)11/h2-3,6,13H,1,4-5H2. The molecule has 2 aromatic rings. The molecule has 0 bridgehead atoms. The maximum Gasteiger partial charge on any atom is 0.265 e. The van der Waals surface area contributed by atoms with Gasteiger partial charge in [0.1, 0.15) is 6.33 Å². The fourth-order valence-corrected chi connectivity index (χ4v) is 1.31. The fourth-order valence-electron chi connectivity index (χ4n) is 1.31. The number of aryl methyl sites for hydroxylation is 1. The first kappa shape index (κ1) is 8.89. The number of rotatable bonds is 3. The first-order valence-corrected chi connectivity index (χ1v) is 4.33. The minimum Gasteiger partial charge on any atom is -0.396 e. The molecule has 0 unspecified atom stereocenters. The Morgan fingerprint density at radius 3 is 3.07 bits per heavy atom. The second-order valence-electron chi connectivity index (χ2n) is 2.91. The van der Waals surface area contributed by atoms with Crippen molar-refractivity contribution in [2.75, 3.05) is 6.61 Å². The van der Waals surface area contributed by atoms with Gasteiger partial charge in [0, 0.05) is 19.2 Å². The zero-order valence-electron chi connectivity index (χ0n) is 7.50. The summed E-state index contributed by atoms with van der Waals surface area (Å²) in [6.07, 6.45) is 2.02. The number of hydrogen-bond acceptors (Lipinski definition) is 4. The molecule has 0 saturated carbocycles. The predicted molar refractivity (Wildman–Crippen MR) is 48.9 cm³/mol. The Morgan fingerprint density at radius 2 is 2.29 bits per heavy atom. The van der Waals surface area contributed by atoms with Crippen LogP contribution in [0, 0.1) is 0 Å². The largest absolute Gasteiger partial charge is 0.396 e. The number of aromatic nitrogens is 4. The quantitative estimate of drug-likeness (QED) is 0.699. The van der Waals surface area contributed by atoms with Crippen molar-refractivity contribution in [3.63, 3.8) is 0 Å². The van der Waals surface area contributed by atoms with E-state index >= 15 is 0 Å². The second kappa shape index (κ2) is 3.59. The van der Waals surface area contributed by atoms with E-state index in [4.69, 9.17) is 5.11 Å². The van der Waals surface area contributed by atoms with Gasteiger partial charge in [-0.3, -0.25) is 4.79 Å². The van der Waals surface area contributed by atoms with Crippen LogP contribution in [0.1, 0.15) is 6.42 Å². The number of aliphatic hydroxyl groups is 1. The molecule has 2 rings (SSSR count). The van der Waals surface area contributed by atoms with E-state index in [0.29, 0.717) is 18.6 Å². The molecule has 0 atom stereocenters. The highest BCUT2D eigenvalue weighted by Crippen LogP contribution is 1.94. The summed E-state index contributed by atoms with van der Waals surface area (Å²) in [5.74, 6) is 0. The van der Waals surface area contributed by atoms with Crippen molar-refractivity contribution in [1.29, 1.82) is 0 Å². The third kappa shape index (κ3) is 1.39. The van der Waals surface area contributed by atoms with Crippen LogP contribution in [0.3, 0.4) is 0 Å². The van der Waals surface area contributed by atoms with E-state index in [1.807, 2.05) is 0 Å². The normalized spacial score (nSPS) is 10.9. The molecule has 0 aromatic carbocycles. The van der Waals surface area contributed by atoms with E-state index in [1.165, 1.54) is 17.1 Å². The molecule has 0 saturated heterocycles. The first-order chi connectivity index (χ1) is 6.83. The zero-order valence-corrected chi connectivity index (χ0v) is 7.50. The molecule has 2 heterocycles. The smallest absolute Gasteiger partial charge is 0.265 e. The molecule has 74 valence electrons. The molecular formula is C8H10N4O2. The van der Waals surface area contributed by atoms with Crippen LogP contribution in [0.2, 0.25) is 0 Å². The van der Waals surface area contributed by atoms with Crippen molar-refractivity contribution in [2.24, 2.45) is 0 Å². The lowest BCUT2D eigenvalue weighted by atomic mass is 10.4.